The number of rotatable bonds is 2. The first kappa shape index (κ1) is 11.3. The lowest BCUT2D eigenvalue weighted by Crippen LogP contribution is -2.22. The van der Waals surface area contributed by atoms with Gasteiger partial charge in [0.05, 0.1) is 5.56 Å². The molecule has 0 aliphatic rings. The van der Waals surface area contributed by atoms with Gasteiger partial charge in [0.25, 0.3) is 5.91 Å². The molecule has 0 N–H and O–H groups in total. The third-order valence-electron chi connectivity index (χ3n) is 2.34. The monoisotopic (exact) mass is 227 g/mol. The average Bonchev–Trinajstić information content (AvgIpc) is 2.39. The summed E-state index contributed by atoms with van der Waals surface area (Å²) in [5.74, 6) is 0.533. The van der Waals surface area contributed by atoms with Crippen molar-refractivity contribution in [2.45, 2.75) is 0 Å². The lowest BCUT2D eigenvalue weighted by atomic mass is 10.2. The molecule has 0 aliphatic heterocycles. The maximum Gasteiger partial charge on any atom is 0.256 e. The molecule has 17 heavy (non-hydrogen) atoms. The number of carbonyl (C=O) groups is 1. The molecule has 1 aromatic heterocycles. The first-order valence-corrected chi connectivity index (χ1v) is 5.27. The molecule has 0 fully saturated rings. The minimum Gasteiger partial charge on any atom is -0.345 e. The minimum atomic E-state index is -0.0930. The lowest BCUT2D eigenvalue weighted by Gasteiger charge is -2.09. The predicted molar refractivity (Wildman–Crippen MR) is 65.5 cm³/mol. The van der Waals surface area contributed by atoms with Crippen molar-refractivity contribution >= 4 is 5.91 Å². The average molecular weight is 227 g/mol. The van der Waals surface area contributed by atoms with Crippen molar-refractivity contribution in [1.82, 2.24) is 14.9 Å². The predicted octanol–water partition coefficient (Wildman–Crippen LogP) is 1.85. The van der Waals surface area contributed by atoms with Gasteiger partial charge in [-0.25, -0.2) is 9.97 Å². The molecular formula is C13H13N3O. The Hall–Kier alpha value is -2.23. The van der Waals surface area contributed by atoms with E-state index in [2.05, 4.69) is 9.97 Å². The van der Waals surface area contributed by atoms with Gasteiger partial charge < -0.3 is 4.90 Å². The van der Waals surface area contributed by atoms with E-state index in [9.17, 15) is 4.79 Å². The second kappa shape index (κ2) is 4.74. The van der Waals surface area contributed by atoms with E-state index in [1.165, 1.54) is 4.90 Å². The highest BCUT2D eigenvalue weighted by atomic mass is 16.2. The van der Waals surface area contributed by atoms with Crippen molar-refractivity contribution in [3.8, 4) is 11.4 Å². The molecule has 0 aliphatic carbocycles. The maximum atomic E-state index is 11.6. The van der Waals surface area contributed by atoms with E-state index in [0.717, 1.165) is 5.56 Å². The largest absolute Gasteiger partial charge is 0.345 e. The second-order valence-electron chi connectivity index (χ2n) is 3.86. The number of carbonyl (C=O) groups excluding carboxylic acids is 1. The van der Waals surface area contributed by atoms with Crippen molar-refractivity contribution in [3.63, 3.8) is 0 Å². The summed E-state index contributed by atoms with van der Waals surface area (Å²) in [5.41, 5.74) is 1.44. The van der Waals surface area contributed by atoms with Crippen LogP contribution in [0.4, 0.5) is 0 Å². The van der Waals surface area contributed by atoms with Crippen molar-refractivity contribution in [3.05, 3.63) is 48.3 Å². The Morgan fingerprint density at radius 1 is 1.06 bits per heavy atom. The Balaban J connectivity index is 2.28. The summed E-state index contributed by atoms with van der Waals surface area (Å²) < 4.78 is 0. The van der Waals surface area contributed by atoms with Gasteiger partial charge in [0.2, 0.25) is 0 Å². The molecule has 86 valence electrons. The van der Waals surface area contributed by atoms with Crippen LogP contribution in [0.25, 0.3) is 11.4 Å². The summed E-state index contributed by atoms with van der Waals surface area (Å²) in [6.45, 7) is 0. The van der Waals surface area contributed by atoms with Gasteiger partial charge in [-0.2, -0.15) is 0 Å². The number of benzene rings is 1. The Kier molecular flexibility index (Phi) is 3.14. The van der Waals surface area contributed by atoms with Crippen LogP contribution in [0.5, 0.6) is 0 Å². The molecule has 0 atom stereocenters. The zero-order valence-electron chi connectivity index (χ0n) is 9.79. The number of aromatic nitrogens is 2. The van der Waals surface area contributed by atoms with Crippen LogP contribution in [0, 0.1) is 0 Å². The molecule has 0 saturated carbocycles. The van der Waals surface area contributed by atoms with E-state index in [-0.39, 0.29) is 5.91 Å². The van der Waals surface area contributed by atoms with Gasteiger partial charge in [-0.15, -0.1) is 0 Å². The van der Waals surface area contributed by atoms with Crippen LogP contribution in [-0.2, 0) is 0 Å². The lowest BCUT2D eigenvalue weighted by molar-refractivity contribution is 0.0827. The van der Waals surface area contributed by atoms with Gasteiger partial charge in [-0.3, -0.25) is 4.79 Å². The highest BCUT2D eigenvalue weighted by molar-refractivity contribution is 5.93. The van der Waals surface area contributed by atoms with Crippen molar-refractivity contribution < 1.29 is 4.79 Å². The summed E-state index contributed by atoms with van der Waals surface area (Å²) in [6.07, 6.45) is 3.11. The van der Waals surface area contributed by atoms with Crippen molar-refractivity contribution in [2.24, 2.45) is 0 Å². The molecule has 4 nitrogen and oxygen atoms in total. The van der Waals surface area contributed by atoms with E-state index in [1.54, 1.807) is 26.5 Å². The Morgan fingerprint density at radius 2 is 1.65 bits per heavy atom. The first-order valence-electron chi connectivity index (χ1n) is 5.27. The van der Waals surface area contributed by atoms with Gasteiger partial charge in [0, 0.05) is 32.1 Å². The molecule has 1 aromatic carbocycles. The molecule has 0 unspecified atom stereocenters. The molecule has 0 radical (unpaired) electrons. The second-order valence-corrected chi connectivity index (χ2v) is 3.86. The highest BCUT2D eigenvalue weighted by Gasteiger charge is 2.09. The normalized spacial score (nSPS) is 10.0. The molecule has 2 rings (SSSR count). The Labute approximate surface area is 99.9 Å². The Bertz CT molecular complexity index is 506. The van der Waals surface area contributed by atoms with Crippen molar-refractivity contribution in [1.29, 1.82) is 0 Å². The zero-order valence-corrected chi connectivity index (χ0v) is 9.79. The van der Waals surface area contributed by atoms with Crippen LogP contribution in [0.15, 0.2) is 42.7 Å². The first-order chi connectivity index (χ1) is 8.18. The summed E-state index contributed by atoms with van der Waals surface area (Å²) in [4.78, 5) is 21.5. The van der Waals surface area contributed by atoms with E-state index in [0.29, 0.717) is 11.4 Å². The fourth-order valence-corrected chi connectivity index (χ4v) is 1.43. The fourth-order valence-electron chi connectivity index (χ4n) is 1.43. The third-order valence-corrected chi connectivity index (χ3v) is 2.34. The summed E-state index contributed by atoms with van der Waals surface area (Å²) in [7, 11) is 3.40. The maximum absolute atomic E-state index is 11.6. The van der Waals surface area contributed by atoms with Crippen molar-refractivity contribution in [2.75, 3.05) is 14.1 Å². The number of hydrogen-bond donors (Lipinski definition) is 0. The fraction of sp³-hybridized carbons (Fsp3) is 0.154. The molecular weight excluding hydrogens is 214 g/mol. The molecule has 4 heteroatoms. The molecule has 1 heterocycles. The van der Waals surface area contributed by atoms with Crippen LogP contribution in [0.2, 0.25) is 0 Å². The smallest absolute Gasteiger partial charge is 0.256 e. The SMILES string of the molecule is CN(C)C(=O)c1cnc(-c2ccccc2)nc1. The number of nitrogens with zero attached hydrogens (tertiary/aromatic N) is 3. The zero-order chi connectivity index (χ0) is 12.3. The summed E-state index contributed by atoms with van der Waals surface area (Å²) in [6, 6.07) is 9.66. The molecule has 2 aromatic rings. The summed E-state index contributed by atoms with van der Waals surface area (Å²) >= 11 is 0. The molecule has 0 bridgehead atoms. The Morgan fingerprint density at radius 3 is 2.18 bits per heavy atom. The van der Waals surface area contributed by atoms with E-state index in [1.807, 2.05) is 30.3 Å². The van der Waals surface area contributed by atoms with E-state index in [4.69, 9.17) is 0 Å². The quantitative estimate of drug-likeness (QED) is 0.786. The highest BCUT2D eigenvalue weighted by Crippen LogP contribution is 2.13. The third kappa shape index (κ3) is 2.47. The van der Waals surface area contributed by atoms with E-state index < -0.39 is 0 Å². The topological polar surface area (TPSA) is 46.1 Å². The minimum absolute atomic E-state index is 0.0930. The molecule has 1 amide bonds. The number of hydrogen-bond acceptors (Lipinski definition) is 3. The van der Waals surface area contributed by atoms with Gasteiger partial charge >= 0.3 is 0 Å². The van der Waals surface area contributed by atoms with Crippen LogP contribution in [0.3, 0.4) is 0 Å². The summed E-state index contributed by atoms with van der Waals surface area (Å²) in [5, 5.41) is 0. The van der Waals surface area contributed by atoms with Crippen LogP contribution < -0.4 is 0 Å². The van der Waals surface area contributed by atoms with Crippen LogP contribution >= 0.6 is 0 Å². The standard InChI is InChI=1S/C13H13N3O/c1-16(2)13(17)11-8-14-12(15-9-11)10-6-4-3-5-7-10/h3-9H,1-2H3. The van der Waals surface area contributed by atoms with Gasteiger partial charge in [0.1, 0.15) is 0 Å². The van der Waals surface area contributed by atoms with Gasteiger partial charge in [-0.1, -0.05) is 30.3 Å². The molecule has 0 saturated heterocycles. The number of amides is 1. The van der Waals surface area contributed by atoms with Crippen LogP contribution in [0.1, 0.15) is 10.4 Å². The van der Waals surface area contributed by atoms with Crippen LogP contribution in [-0.4, -0.2) is 34.9 Å². The van der Waals surface area contributed by atoms with E-state index >= 15 is 0 Å². The van der Waals surface area contributed by atoms with Gasteiger partial charge in [-0.05, 0) is 0 Å². The molecule has 0 spiro atoms. The van der Waals surface area contributed by atoms with Gasteiger partial charge in [0.15, 0.2) is 5.82 Å².